The first-order chi connectivity index (χ1) is 12.6. The molecule has 2 aromatic rings. The number of nitrogens with zero attached hydrogens (tertiary/aromatic N) is 4. The van der Waals surface area contributed by atoms with E-state index in [1.54, 1.807) is 27.0 Å². The number of esters is 1. The van der Waals surface area contributed by atoms with Gasteiger partial charge < -0.3 is 15.4 Å². The molecule has 1 atom stereocenters. The van der Waals surface area contributed by atoms with Crippen LogP contribution in [-0.2, 0) is 21.2 Å². The van der Waals surface area contributed by atoms with Gasteiger partial charge in [0.2, 0.25) is 5.95 Å². The Bertz CT molecular complexity index is 866. The van der Waals surface area contributed by atoms with Gasteiger partial charge in [-0.25, -0.2) is 9.78 Å². The van der Waals surface area contributed by atoms with Crippen molar-refractivity contribution in [2.24, 2.45) is 0 Å². The van der Waals surface area contributed by atoms with E-state index in [1.165, 1.54) is 4.68 Å². The molecule has 0 saturated carbocycles. The Morgan fingerprint density at radius 1 is 1.41 bits per heavy atom. The molecule has 146 valence electrons. The van der Waals surface area contributed by atoms with Crippen LogP contribution in [0.15, 0.2) is 12.4 Å². The molecule has 3 heterocycles. The molecule has 27 heavy (non-hydrogen) atoms. The zero-order valence-electron chi connectivity index (χ0n) is 15.0. The minimum absolute atomic E-state index is 0.0132. The number of carbonyl (C=O) groups excluding carboxylic acids is 1. The highest BCUT2D eigenvalue weighted by Gasteiger charge is 2.43. The average molecular weight is 384 g/mol. The van der Waals surface area contributed by atoms with Crippen LogP contribution in [0.25, 0.3) is 0 Å². The Labute approximate surface area is 153 Å². The van der Waals surface area contributed by atoms with E-state index in [0.29, 0.717) is 24.4 Å². The van der Waals surface area contributed by atoms with Crippen molar-refractivity contribution in [2.45, 2.75) is 38.9 Å². The molecular formula is C16H19F3N6O2. The van der Waals surface area contributed by atoms with E-state index in [4.69, 9.17) is 4.74 Å². The fourth-order valence-corrected chi connectivity index (χ4v) is 2.72. The molecule has 2 aromatic heterocycles. The van der Waals surface area contributed by atoms with Crippen molar-refractivity contribution < 1.29 is 22.7 Å². The van der Waals surface area contributed by atoms with Gasteiger partial charge in [-0.2, -0.15) is 23.3 Å². The predicted molar refractivity (Wildman–Crippen MR) is 90.7 cm³/mol. The second-order valence-electron chi connectivity index (χ2n) is 6.34. The fourth-order valence-electron chi connectivity index (χ4n) is 2.72. The number of halogens is 3. The van der Waals surface area contributed by atoms with Gasteiger partial charge in [0.25, 0.3) is 0 Å². The number of aromatic nitrogens is 4. The highest BCUT2D eigenvalue weighted by atomic mass is 19.4. The number of ether oxygens (including phenoxy) is 1. The van der Waals surface area contributed by atoms with Crippen LogP contribution in [0.5, 0.6) is 0 Å². The van der Waals surface area contributed by atoms with Crippen LogP contribution in [0.1, 0.15) is 31.5 Å². The van der Waals surface area contributed by atoms with Crippen molar-refractivity contribution in [2.75, 3.05) is 23.8 Å². The molecule has 0 spiro atoms. The monoisotopic (exact) mass is 384 g/mol. The Balaban J connectivity index is 1.90. The molecule has 0 aromatic carbocycles. The molecule has 1 aliphatic rings. The molecule has 2 N–H and O–H groups in total. The van der Waals surface area contributed by atoms with Gasteiger partial charge >= 0.3 is 12.1 Å². The van der Waals surface area contributed by atoms with Gasteiger partial charge in [-0.1, -0.05) is 0 Å². The maximum Gasteiger partial charge on any atom is 0.421 e. The maximum absolute atomic E-state index is 13.1. The van der Waals surface area contributed by atoms with Crippen molar-refractivity contribution in [3.05, 3.63) is 23.7 Å². The average Bonchev–Trinajstić information content (AvgIpc) is 3.11. The first-order valence-corrected chi connectivity index (χ1v) is 8.34. The first kappa shape index (κ1) is 18.9. The Morgan fingerprint density at radius 2 is 2.15 bits per heavy atom. The van der Waals surface area contributed by atoms with E-state index in [2.05, 4.69) is 25.7 Å². The number of cyclic esters (lactones) is 1. The number of carbonyl (C=O) groups is 1. The molecule has 0 radical (unpaired) electrons. The molecule has 1 aliphatic heterocycles. The lowest BCUT2D eigenvalue weighted by Crippen LogP contribution is -2.35. The molecule has 0 bridgehead atoms. The number of anilines is 3. The number of nitrogens with one attached hydrogen (secondary N) is 2. The van der Waals surface area contributed by atoms with E-state index in [1.807, 2.05) is 0 Å². The molecular weight excluding hydrogens is 365 g/mol. The molecule has 3 rings (SSSR count). The SMILES string of the molecule is CCNc1nc(Nc2cn(C3(C)CCOC3=O)nc2C)ncc1C(F)(F)F. The van der Waals surface area contributed by atoms with Crippen molar-refractivity contribution >= 4 is 23.4 Å². The minimum atomic E-state index is -4.56. The topological polar surface area (TPSA) is 94.0 Å². The largest absolute Gasteiger partial charge is 0.464 e. The molecule has 1 saturated heterocycles. The van der Waals surface area contributed by atoms with Crippen molar-refractivity contribution in [3.63, 3.8) is 0 Å². The number of rotatable bonds is 5. The summed E-state index contributed by atoms with van der Waals surface area (Å²) in [6.07, 6.45) is -1.76. The Morgan fingerprint density at radius 3 is 2.74 bits per heavy atom. The van der Waals surface area contributed by atoms with E-state index in [9.17, 15) is 18.0 Å². The zero-order valence-corrected chi connectivity index (χ0v) is 15.0. The molecule has 1 unspecified atom stereocenters. The summed E-state index contributed by atoms with van der Waals surface area (Å²) >= 11 is 0. The molecule has 11 heteroatoms. The van der Waals surface area contributed by atoms with Crippen LogP contribution in [-0.4, -0.2) is 38.9 Å². The van der Waals surface area contributed by atoms with Gasteiger partial charge in [0.1, 0.15) is 11.4 Å². The van der Waals surface area contributed by atoms with Gasteiger partial charge in [-0.05, 0) is 20.8 Å². The van der Waals surface area contributed by atoms with Gasteiger partial charge in [0.15, 0.2) is 5.54 Å². The molecule has 8 nitrogen and oxygen atoms in total. The lowest BCUT2D eigenvalue weighted by atomic mass is 10.0. The van der Waals surface area contributed by atoms with Crippen LogP contribution in [0.4, 0.5) is 30.6 Å². The second kappa shape index (κ2) is 6.71. The summed E-state index contributed by atoms with van der Waals surface area (Å²) in [5.74, 6) is -0.698. The van der Waals surface area contributed by atoms with Crippen molar-refractivity contribution in [1.82, 2.24) is 19.7 Å². The van der Waals surface area contributed by atoms with Gasteiger partial charge in [-0.15, -0.1) is 0 Å². The Kier molecular flexibility index (Phi) is 4.70. The quantitative estimate of drug-likeness (QED) is 0.766. The van der Waals surface area contributed by atoms with E-state index in [0.717, 1.165) is 6.20 Å². The highest BCUT2D eigenvalue weighted by molar-refractivity contribution is 5.80. The predicted octanol–water partition coefficient (Wildman–Crippen LogP) is 2.84. The number of aryl methyl sites for hydroxylation is 1. The van der Waals surface area contributed by atoms with E-state index in [-0.39, 0.29) is 24.3 Å². The summed E-state index contributed by atoms with van der Waals surface area (Å²) in [6.45, 7) is 5.68. The number of hydrogen-bond acceptors (Lipinski definition) is 7. The van der Waals surface area contributed by atoms with Crippen LogP contribution in [0.3, 0.4) is 0 Å². The summed E-state index contributed by atoms with van der Waals surface area (Å²) in [5, 5.41) is 9.78. The van der Waals surface area contributed by atoms with E-state index >= 15 is 0 Å². The summed E-state index contributed by atoms with van der Waals surface area (Å²) in [4.78, 5) is 19.7. The van der Waals surface area contributed by atoms with Crippen molar-refractivity contribution in [3.8, 4) is 0 Å². The fraction of sp³-hybridized carbons (Fsp3) is 0.500. The number of hydrogen-bond donors (Lipinski definition) is 2. The third kappa shape index (κ3) is 3.53. The normalized spacial score (nSPS) is 19.9. The third-order valence-corrected chi connectivity index (χ3v) is 4.35. The lowest BCUT2D eigenvalue weighted by molar-refractivity contribution is -0.145. The van der Waals surface area contributed by atoms with Crippen LogP contribution < -0.4 is 10.6 Å². The maximum atomic E-state index is 13.1. The van der Waals surface area contributed by atoms with Gasteiger partial charge in [-0.3, -0.25) is 4.68 Å². The zero-order chi connectivity index (χ0) is 19.8. The van der Waals surface area contributed by atoms with Crippen molar-refractivity contribution in [1.29, 1.82) is 0 Å². The lowest BCUT2D eigenvalue weighted by Gasteiger charge is -2.19. The van der Waals surface area contributed by atoms with Crippen LogP contribution in [0, 0.1) is 6.92 Å². The van der Waals surface area contributed by atoms with E-state index < -0.39 is 17.3 Å². The second-order valence-corrected chi connectivity index (χ2v) is 6.34. The molecule has 0 aliphatic carbocycles. The first-order valence-electron chi connectivity index (χ1n) is 8.34. The minimum Gasteiger partial charge on any atom is -0.464 e. The summed E-state index contributed by atoms with van der Waals surface area (Å²) in [7, 11) is 0. The van der Waals surface area contributed by atoms with Crippen LogP contribution >= 0.6 is 0 Å². The number of alkyl halides is 3. The smallest absolute Gasteiger partial charge is 0.421 e. The van der Waals surface area contributed by atoms with Crippen LogP contribution in [0.2, 0.25) is 0 Å². The Hall–Kier alpha value is -2.85. The summed E-state index contributed by atoms with van der Waals surface area (Å²) < 4.78 is 45.7. The standard InChI is InChI=1S/C16H19F3N6O2/c1-4-20-12-10(16(17,18)19)7-21-14(23-12)22-11-8-25(24-9(11)2)15(3)5-6-27-13(15)26/h7-8H,4-6H2,1-3H3,(H2,20,21,22,23). The molecule has 1 fully saturated rings. The third-order valence-electron chi connectivity index (χ3n) is 4.35. The summed E-state index contributed by atoms with van der Waals surface area (Å²) in [5.41, 5.74) is -0.827. The summed E-state index contributed by atoms with van der Waals surface area (Å²) in [6, 6.07) is 0. The van der Waals surface area contributed by atoms with Gasteiger partial charge in [0, 0.05) is 19.2 Å². The highest BCUT2D eigenvalue weighted by Crippen LogP contribution is 2.34. The molecule has 0 amide bonds. The van der Waals surface area contributed by atoms with Gasteiger partial charge in [0.05, 0.1) is 24.2 Å².